The van der Waals surface area contributed by atoms with Crippen LogP contribution >= 0.6 is 0 Å². The summed E-state index contributed by atoms with van der Waals surface area (Å²) in [6, 6.07) is 1.75. The van der Waals surface area contributed by atoms with Crippen molar-refractivity contribution in [1.29, 1.82) is 0 Å². The smallest absolute Gasteiger partial charge is 0.151 e. The molecule has 1 heterocycles. The van der Waals surface area contributed by atoms with Crippen molar-refractivity contribution in [3.8, 4) is 0 Å². The second-order valence-corrected chi connectivity index (χ2v) is 3.93. The van der Waals surface area contributed by atoms with Crippen LogP contribution in [-0.4, -0.2) is 9.97 Å². The molecular weight excluding hydrogens is 238 g/mol. The fraction of sp³-hybridized carbons (Fsp3) is 0.250. The van der Waals surface area contributed by atoms with Gasteiger partial charge in [0.15, 0.2) is 5.82 Å². The van der Waals surface area contributed by atoms with E-state index in [-0.39, 0.29) is 17.4 Å². The van der Waals surface area contributed by atoms with E-state index in [1.807, 2.05) is 6.92 Å². The van der Waals surface area contributed by atoms with Gasteiger partial charge >= 0.3 is 0 Å². The van der Waals surface area contributed by atoms with Crippen molar-refractivity contribution in [1.82, 2.24) is 9.97 Å². The third-order valence-corrected chi connectivity index (χ3v) is 2.68. The van der Waals surface area contributed by atoms with Gasteiger partial charge in [0.05, 0.1) is 17.4 Å². The molecule has 0 bridgehead atoms. The van der Waals surface area contributed by atoms with Crippen molar-refractivity contribution >= 4 is 11.4 Å². The Hall–Kier alpha value is -2.11. The minimum absolute atomic E-state index is 0.0959. The zero-order chi connectivity index (χ0) is 13.1. The Balaban J connectivity index is 2.28. The van der Waals surface area contributed by atoms with Gasteiger partial charge in [0.1, 0.15) is 11.6 Å². The van der Waals surface area contributed by atoms with E-state index in [4.69, 9.17) is 5.73 Å². The first kappa shape index (κ1) is 12.3. The van der Waals surface area contributed by atoms with E-state index in [1.165, 1.54) is 6.07 Å². The number of hydrogen-bond acceptors (Lipinski definition) is 3. The molecule has 96 valence electrons. The number of benzene rings is 1. The summed E-state index contributed by atoms with van der Waals surface area (Å²) in [6.45, 7) is 1.94. The Labute approximate surface area is 103 Å². The average Bonchev–Trinajstić information content (AvgIpc) is 2.85. The van der Waals surface area contributed by atoms with Gasteiger partial charge < -0.3 is 16.0 Å². The van der Waals surface area contributed by atoms with E-state index < -0.39 is 11.6 Å². The van der Waals surface area contributed by atoms with Gasteiger partial charge in [-0.15, -0.1) is 0 Å². The van der Waals surface area contributed by atoms with Crippen molar-refractivity contribution < 1.29 is 8.78 Å². The largest absolute Gasteiger partial charge is 0.395 e. The quantitative estimate of drug-likeness (QED) is 0.733. The number of anilines is 2. The van der Waals surface area contributed by atoms with Crippen LogP contribution < -0.4 is 11.1 Å². The second-order valence-electron chi connectivity index (χ2n) is 3.93. The van der Waals surface area contributed by atoms with Crippen LogP contribution in [0.1, 0.15) is 25.2 Å². The Morgan fingerprint density at radius 1 is 1.44 bits per heavy atom. The standard InChI is InChI=1S/C12H14F2N4/c1-2-9(12-16-3-4-17-12)18-10-6-7(13)5-8(14)11(10)15/h3-6,9,18H,2,15H2,1H3,(H,16,17). The predicted octanol–water partition coefficient (Wildman–Crippen LogP) is 2.83. The topological polar surface area (TPSA) is 66.7 Å². The van der Waals surface area contributed by atoms with Crippen LogP contribution in [0.15, 0.2) is 24.5 Å². The molecule has 0 radical (unpaired) electrons. The number of aromatic amines is 1. The van der Waals surface area contributed by atoms with Gasteiger partial charge in [-0.2, -0.15) is 0 Å². The molecule has 0 fully saturated rings. The molecule has 1 atom stereocenters. The highest BCUT2D eigenvalue weighted by molar-refractivity contribution is 5.67. The maximum Gasteiger partial charge on any atom is 0.151 e. The summed E-state index contributed by atoms with van der Waals surface area (Å²) in [4.78, 5) is 7.07. The molecule has 1 aromatic carbocycles. The summed E-state index contributed by atoms with van der Waals surface area (Å²) >= 11 is 0. The SMILES string of the molecule is CCC(Nc1cc(F)cc(F)c1N)c1ncc[nH]1. The average molecular weight is 252 g/mol. The van der Waals surface area contributed by atoms with E-state index in [2.05, 4.69) is 15.3 Å². The monoisotopic (exact) mass is 252 g/mol. The summed E-state index contributed by atoms with van der Waals surface area (Å²) in [6.07, 6.45) is 4.01. The highest BCUT2D eigenvalue weighted by atomic mass is 19.1. The van der Waals surface area contributed by atoms with Crippen LogP contribution in [0, 0.1) is 11.6 Å². The molecular formula is C12H14F2N4. The number of aromatic nitrogens is 2. The third-order valence-electron chi connectivity index (χ3n) is 2.68. The number of nitrogen functional groups attached to an aromatic ring is 1. The lowest BCUT2D eigenvalue weighted by atomic mass is 10.1. The Morgan fingerprint density at radius 2 is 2.22 bits per heavy atom. The first-order valence-corrected chi connectivity index (χ1v) is 5.62. The van der Waals surface area contributed by atoms with Crippen LogP contribution in [0.4, 0.5) is 20.2 Å². The fourth-order valence-corrected chi connectivity index (χ4v) is 1.72. The van der Waals surface area contributed by atoms with Gasteiger partial charge in [-0.25, -0.2) is 13.8 Å². The molecule has 0 aliphatic rings. The lowest BCUT2D eigenvalue weighted by Crippen LogP contribution is -2.13. The molecule has 0 aliphatic carbocycles. The molecule has 2 aromatic rings. The summed E-state index contributed by atoms with van der Waals surface area (Å²) in [5.74, 6) is -0.744. The van der Waals surface area contributed by atoms with Crippen LogP contribution in [0.3, 0.4) is 0 Å². The molecule has 1 aromatic heterocycles. The first-order valence-electron chi connectivity index (χ1n) is 5.62. The molecule has 18 heavy (non-hydrogen) atoms. The Morgan fingerprint density at radius 3 is 2.83 bits per heavy atom. The predicted molar refractivity (Wildman–Crippen MR) is 66.0 cm³/mol. The van der Waals surface area contributed by atoms with Gasteiger partial charge in [-0.3, -0.25) is 0 Å². The van der Waals surface area contributed by atoms with Crippen molar-refractivity contribution in [2.24, 2.45) is 0 Å². The van der Waals surface area contributed by atoms with E-state index in [0.29, 0.717) is 12.2 Å². The third kappa shape index (κ3) is 2.42. The summed E-state index contributed by atoms with van der Waals surface area (Å²) in [5, 5.41) is 2.98. The number of imidazole rings is 1. The van der Waals surface area contributed by atoms with Gasteiger partial charge in [-0.1, -0.05) is 6.92 Å². The lowest BCUT2D eigenvalue weighted by molar-refractivity contribution is 0.585. The van der Waals surface area contributed by atoms with Gasteiger partial charge in [0.2, 0.25) is 0 Å². The molecule has 2 rings (SSSR count). The number of H-pyrrole nitrogens is 1. The molecule has 1 unspecified atom stereocenters. The number of halogens is 2. The van der Waals surface area contributed by atoms with E-state index in [1.54, 1.807) is 12.4 Å². The van der Waals surface area contributed by atoms with Crippen LogP contribution in [0.2, 0.25) is 0 Å². The fourth-order valence-electron chi connectivity index (χ4n) is 1.72. The summed E-state index contributed by atoms with van der Waals surface area (Å²) in [5.41, 5.74) is 5.71. The Bertz CT molecular complexity index is 525. The lowest BCUT2D eigenvalue weighted by Gasteiger charge is -2.17. The van der Waals surface area contributed by atoms with Gasteiger partial charge in [0, 0.05) is 18.5 Å². The highest BCUT2D eigenvalue weighted by Gasteiger charge is 2.15. The number of rotatable bonds is 4. The molecule has 0 saturated heterocycles. The maximum atomic E-state index is 13.3. The molecule has 6 heteroatoms. The molecule has 0 aliphatic heterocycles. The van der Waals surface area contributed by atoms with Gasteiger partial charge in [-0.05, 0) is 12.5 Å². The highest BCUT2D eigenvalue weighted by Crippen LogP contribution is 2.27. The number of hydrogen-bond donors (Lipinski definition) is 3. The number of nitrogens with one attached hydrogen (secondary N) is 2. The normalized spacial score (nSPS) is 12.4. The van der Waals surface area contributed by atoms with Crippen molar-refractivity contribution in [2.45, 2.75) is 19.4 Å². The van der Waals surface area contributed by atoms with Crippen molar-refractivity contribution in [3.63, 3.8) is 0 Å². The zero-order valence-corrected chi connectivity index (χ0v) is 9.87. The minimum Gasteiger partial charge on any atom is -0.395 e. The zero-order valence-electron chi connectivity index (χ0n) is 9.87. The van der Waals surface area contributed by atoms with Crippen molar-refractivity contribution in [2.75, 3.05) is 11.1 Å². The molecule has 0 amide bonds. The van der Waals surface area contributed by atoms with Gasteiger partial charge in [0.25, 0.3) is 0 Å². The minimum atomic E-state index is -0.771. The van der Waals surface area contributed by atoms with E-state index >= 15 is 0 Å². The van der Waals surface area contributed by atoms with Crippen LogP contribution in [0.5, 0.6) is 0 Å². The Kier molecular flexibility index (Phi) is 3.45. The summed E-state index contributed by atoms with van der Waals surface area (Å²) in [7, 11) is 0. The maximum absolute atomic E-state index is 13.3. The molecule has 4 nitrogen and oxygen atoms in total. The number of nitrogens with zero attached hydrogens (tertiary/aromatic N) is 1. The van der Waals surface area contributed by atoms with Crippen LogP contribution in [0.25, 0.3) is 0 Å². The van der Waals surface area contributed by atoms with Crippen LogP contribution in [-0.2, 0) is 0 Å². The van der Waals surface area contributed by atoms with E-state index in [0.717, 1.165) is 6.07 Å². The number of nitrogens with two attached hydrogens (primary N) is 1. The molecule has 0 saturated carbocycles. The van der Waals surface area contributed by atoms with E-state index in [9.17, 15) is 8.78 Å². The van der Waals surface area contributed by atoms with Crippen molar-refractivity contribution in [3.05, 3.63) is 42.0 Å². The second kappa shape index (κ2) is 5.03. The molecule has 0 spiro atoms. The first-order chi connectivity index (χ1) is 8.61. The molecule has 4 N–H and O–H groups in total. The summed E-state index contributed by atoms with van der Waals surface area (Å²) < 4.78 is 26.5.